The van der Waals surface area contributed by atoms with E-state index in [4.69, 9.17) is 0 Å². The van der Waals surface area contributed by atoms with Crippen LogP contribution in [-0.4, -0.2) is 5.91 Å². The highest BCUT2D eigenvalue weighted by Crippen LogP contribution is 2.38. The molecule has 0 heterocycles. The molecule has 2 heteroatoms. The summed E-state index contributed by atoms with van der Waals surface area (Å²) in [5, 5.41) is 3.22. The Labute approximate surface area is 126 Å². The van der Waals surface area contributed by atoms with Crippen molar-refractivity contribution in [2.75, 3.05) is 0 Å². The maximum Gasteiger partial charge on any atom is 0.225 e. The zero-order valence-corrected chi connectivity index (χ0v) is 12.8. The van der Waals surface area contributed by atoms with Crippen LogP contribution in [0.2, 0.25) is 0 Å². The second-order valence-electron chi connectivity index (χ2n) is 6.72. The summed E-state index contributed by atoms with van der Waals surface area (Å²) in [5.41, 5.74) is 4.67. The molecule has 2 nitrogen and oxygen atoms in total. The van der Waals surface area contributed by atoms with Crippen LogP contribution in [0.3, 0.4) is 0 Å². The number of carbonyl (C=O) groups is 1. The molecule has 0 bridgehead atoms. The first-order chi connectivity index (χ1) is 9.97. The van der Waals surface area contributed by atoms with Crippen molar-refractivity contribution in [3.8, 4) is 11.1 Å². The summed E-state index contributed by atoms with van der Waals surface area (Å²) >= 11 is 0. The third kappa shape index (κ3) is 2.58. The minimum atomic E-state index is -0.369. The van der Waals surface area contributed by atoms with Crippen molar-refractivity contribution in [3.63, 3.8) is 0 Å². The van der Waals surface area contributed by atoms with Gasteiger partial charge in [0, 0.05) is 5.41 Å². The third-order valence-corrected chi connectivity index (χ3v) is 4.05. The van der Waals surface area contributed by atoms with E-state index in [-0.39, 0.29) is 17.4 Å². The summed E-state index contributed by atoms with van der Waals surface area (Å²) in [4.78, 5) is 12.3. The van der Waals surface area contributed by atoms with Crippen molar-refractivity contribution in [2.45, 2.75) is 33.2 Å². The molecule has 0 saturated heterocycles. The quantitative estimate of drug-likeness (QED) is 0.836. The van der Waals surface area contributed by atoms with Gasteiger partial charge in [0.2, 0.25) is 5.91 Å². The monoisotopic (exact) mass is 279 g/mol. The fraction of sp³-hybridized carbons (Fsp3) is 0.316. The fourth-order valence-corrected chi connectivity index (χ4v) is 2.84. The van der Waals surface area contributed by atoms with Crippen LogP contribution in [0.25, 0.3) is 11.1 Å². The lowest BCUT2D eigenvalue weighted by atomic mass is 9.82. The van der Waals surface area contributed by atoms with Gasteiger partial charge in [-0.2, -0.15) is 0 Å². The van der Waals surface area contributed by atoms with Crippen LogP contribution in [0.4, 0.5) is 0 Å². The second-order valence-corrected chi connectivity index (χ2v) is 6.72. The lowest BCUT2D eigenvalue weighted by Gasteiger charge is -2.30. The summed E-state index contributed by atoms with van der Waals surface area (Å²) in [6.07, 6.45) is 0.856. The molecule has 1 aliphatic rings. The SMILES string of the molecule is CC(C)(C)C(=O)N[C@H]1Cc2ccccc2-c2ccccc21. The minimum Gasteiger partial charge on any atom is -0.348 e. The van der Waals surface area contributed by atoms with E-state index in [1.807, 2.05) is 26.8 Å². The van der Waals surface area contributed by atoms with Gasteiger partial charge >= 0.3 is 0 Å². The molecule has 0 saturated carbocycles. The first-order valence-corrected chi connectivity index (χ1v) is 7.45. The normalized spacial score (nSPS) is 16.8. The van der Waals surface area contributed by atoms with Gasteiger partial charge in [-0.05, 0) is 28.7 Å². The molecule has 108 valence electrons. The fourth-order valence-electron chi connectivity index (χ4n) is 2.84. The molecule has 3 rings (SSSR count). The molecule has 0 aliphatic heterocycles. The van der Waals surface area contributed by atoms with E-state index >= 15 is 0 Å². The van der Waals surface area contributed by atoms with E-state index in [9.17, 15) is 4.79 Å². The lowest BCUT2D eigenvalue weighted by Crippen LogP contribution is -2.39. The summed E-state index contributed by atoms with van der Waals surface area (Å²) in [5.74, 6) is 0.0988. The van der Waals surface area contributed by atoms with Gasteiger partial charge in [-0.25, -0.2) is 0 Å². The Bertz CT molecular complexity index is 682. The first kappa shape index (κ1) is 13.9. The molecule has 1 atom stereocenters. The van der Waals surface area contributed by atoms with E-state index in [1.165, 1.54) is 22.3 Å². The number of amides is 1. The summed E-state index contributed by atoms with van der Waals surface area (Å²) in [6.45, 7) is 5.85. The Kier molecular flexibility index (Phi) is 3.32. The molecule has 0 aromatic heterocycles. The number of benzene rings is 2. The predicted octanol–water partition coefficient (Wildman–Crippen LogP) is 4.11. The van der Waals surface area contributed by atoms with Crippen LogP contribution in [0.1, 0.15) is 37.9 Å². The van der Waals surface area contributed by atoms with Gasteiger partial charge in [0.15, 0.2) is 0 Å². The van der Waals surface area contributed by atoms with Crippen molar-refractivity contribution in [2.24, 2.45) is 5.41 Å². The molecule has 21 heavy (non-hydrogen) atoms. The molecule has 0 fully saturated rings. The number of hydrogen-bond donors (Lipinski definition) is 1. The highest BCUT2D eigenvalue weighted by Gasteiger charge is 2.29. The molecule has 1 aliphatic carbocycles. The Morgan fingerprint density at radius 2 is 1.62 bits per heavy atom. The molecule has 2 aromatic carbocycles. The highest BCUT2D eigenvalue weighted by atomic mass is 16.2. The third-order valence-electron chi connectivity index (χ3n) is 4.05. The van der Waals surface area contributed by atoms with Crippen molar-refractivity contribution >= 4 is 5.91 Å². The maximum atomic E-state index is 12.3. The molecule has 1 N–H and O–H groups in total. The summed E-state index contributed by atoms with van der Waals surface area (Å²) in [7, 11) is 0. The molecule has 0 radical (unpaired) electrons. The van der Waals surface area contributed by atoms with Crippen molar-refractivity contribution in [1.82, 2.24) is 5.32 Å². The Balaban J connectivity index is 2.01. The van der Waals surface area contributed by atoms with E-state index in [0.717, 1.165) is 6.42 Å². The van der Waals surface area contributed by atoms with Crippen LogP contribution in [0.5, 0.6) is 0 Å². The molecule has 0 spiro atoms. The Morgan fingerprint density at radius 1 is 1.00 bits per heavy atom. The number of hydrogen-bond acceptors (Lipinski definition) is 1. The second kappa shape index (κ2) is 5.03. The molecular weight excluding hydrogens is 258 g/mol. The first-order valence-electron chi connectivity index (χ1n) is 7.45. The van der Waals surface area contributed by atoms with Crippen LogP contribution in [0.15, 0.2) is 48.5 Å². The van der Waals surface area contributed by atoms with Gasteiger partial charge in [0.05, 0.1) is 6.04 Å². The van der Waals surface area contributed by atoms with Crippen LogP contribution in [-0.2, 0) is 11.2 Å². The molecule has 2 aromatic rings. The van der Waals surface area contributed by atoms with Gasteiger partial charge in [0.1, 0.15) is 0 Å². The Hall–Kier alpha value is -2.09. The largest absolute Gasteiger partial charge is 0.348 e. The zero-order valence-electron chi connectivity index (χ0n) is 12.8. The van der Waals surface area contributed by atoms with E-state index < -0.39 is 0 Å². The van der Waals surface area contributed by atoms with E-state index in [0.29, 0.717) is 0 Å². The number of rotatable bonds is 1. The van der Waals surface area contributed by atoms with Crippen LogP contribution in [0, 0.1) is 5.41 Å². The van der Waals surface area contributed by atoms with Gasteiger partial charge in [-0.15, -0.1) is 0 Å². The lowest BCUT2D eigenvalue weighted by molar-refractivity contribution is -0.129. The molecular formula is C19H21NO. The predicted molar refractivity (Wildman–Crippen MR) is 85.9 cm³/mol. The highest BCUT2D eigenvalue weighted by molar-refractivity contribution is 5.83. The van der Waals surface area contributed by atoms with Crippen LogP contribution >= 0.6 is 0 Å². The van der Waals surface area contributed by atoms with Crippen molar-refractivity contribution in [3.05, 3.63) is 59.7 Å². The van der Waals surface area contributed by atoms with E-state index in [1.54, 1.807) is 0 Å². The van der Waals surface area contributed by atoms with Gasteiger partial charge < -0.3 is 5.32 Å². The summed E-state index contributed by atoms with van der Waals surface area (Å²) in [6, 6.07) is 16.9. The van der Waals surface area contributed by atoms with Gasteiger partial charge in [-0.1, -0.05) is 69.3 Å². The maximum absolute atomic E-state index is 12.3. The van der Waals surface area contributed by atoms with Crippen molar-refractivity contribution < 1.29 is 4.79 Å². The van der Waals surface area contributed by atoms with E-state index in [2.05, 4.69) is 47.8 Å². The Morgan fingerprint density at radius 3 is 2.33 bits per heavy atom. The zero-order chi connectivity index (χ0) is 15.0. The smallest absolute Gasteiger partial charge is 0.225 e. The van der Waals surface area contributed by atoms with Gasteiger partial charge in [0.25, 0.3) is 0 Å². The molecule has 1 amide bonds. The number of nitrogens with one attached hydrogen (secondary N) is 1. The standard InChI is InChI=1S/C19H21NO/c1-19(2,3)18(21)20-17-12-13-8-4-5-9-14(13)15-10-6-7-11-16(15)17/h4-11,17H,12H2,1-3H3,(H,20,21)/t17-/m0/s1. The number of carbonyl (C=O) groups excluding carboxylic acids is 1. The average Bonchev–Trinajstić information content (AvgIpc) is 2.46. The minimum absolute atomic E-state index is 0.0582. The van der Waals surface area contributed by atoms with Crippen LogP contribution < -0.4 is 5.32 Å². The molecule has 0 unspecified atom stereocenters. The summed E-state index contributed by atoms with van der Waals surface area (Å²) < 4.78 is 0. The topological polar surface area (TPSA) is 29.1 Å². The number of fused-ring (bicyclic) bond motifs is 3. The van der Waals surface area contributed by atoms with Gasteiger partial charge in [-0.3, -0.25) is 4.79 Å². The average molecular weight is 279 g/mol. The van der Waals surface area contributed by atoms with Crippen molar-refractivity contribution in [1.29, 1.82) is 0 Å².